The SMILES string of the molecule is COc1cc(OC)c2[nH]c(C(F)F)cc(=O)c2c1Cl. The number of alkyl halides is 2. The maximum Gasteiger partial charge on any atom is 0.278 e. The van der Waals surface area contributed by atoms with Crippen LogP contribution in [-0.4, -0.2) is 19.2 Å². The van der Waals surface area contributed by atoms with Crippen LogP contribution in [0.5, 0.6) is 11.5 Å². The molecular weight excluding hydrogens is 280 g/mol. The van der Waals surface area contributed by atoms with E-state index in [2.05, 4.69) is 4.98 Å². The Balaban J connectivity index is 2.93. The van der Waals surface area contributed by atoms with Gasteiger partial charge < -0.3 is 14.5 Å². The summed E-state index contributed by atoms with van der Waals surface area (Å²) >= 11 is 6.02. The van der Waals surface area contributed by atoms with E-state index in [9.17, 15) is 13.6 Å². The Morgan fingerprint density at radius 2 is 1.84 bits per heavy atom. The van der Waals surface area contributed by atoms with E-state index in [1.54, 1.807) is 0 Å². The van der Waals surface area contributed by atoms with Crippen LogP contribution in [0.25, 0.3) is 10.9 Å². The van der Waals surface area contributed by atoms with Gasteiger partial charge in [0.2, 0.25) is 0 Å². The van der Waals surface area contributed by atoms with Crippen molar-refractivity contribution in [2.45, 2.75) is 6.43 Å². The number of methoxy groups -OCH3 is 2. The van der Waals surface area contributed by atoms with Crippen LogP contribution in [0.4, 0.5) is 8.78 Å². The van der Waals surface area contributed by atoms with Crippen LogP contribution in [0.1, 0.15) is 12.1 Å². The monoisotopic (exact) mass is 289 g/mol. The predicted octanol–water partition coefficient (Wildman–Crippen LogP) is 3.14. The lowest BCUT2D eigenvalue weighted by atomic mass is 10.1. The van der Waals surface area contributed by atoms with Crippen molar-refractivity contribution in [1.29, 1.82) is 0 Å². The minimum Gasteiger partial charge on any atom is -0.495 e. The van der Waals surface area contributed by atoms with Crippen molar-refractivity contribution in [1.82, 2.24) is 4.98 Å². The van der Waals surface area contributed by atoms with Crippen LogP contribution in [0, 0.1) is 0 Å². The summed E-state index contributed by atoms with van der Waals surface area (Å²) in [6, 6.07) is 2.24. The molecule has 102 valence electrons. The Kier molecular flexibility index (Phi) is 3.61. The molecule has 0 radical (unpaired) electrons. The second-order valence-corrected chi connectivity index (χ2v) is 4.11. The van der Waals surface area contributed by atoms with Crippen molar-refractivity contribution >= 4 is 22.5 Å². The summed E-state index contributed by atoms with van der Waals surface area (Å²) in [5.41, 5.74) is -0.987. The molecule has 2 rings (SSSR count). The fourth-order valence-electron chi connectivity index (χ4n) is 1.79. The van der Waals surface area contributed by atoms with Gasteiger partial charge in [-0.25, -0.2) is 8.78 Å². The summed E-state index contributed by atoms with van der Waals surface area (Å²) in [4.78, 5) is 14.4. The fraction of sp³-hybridized carbons (Fsp3) is 0.250. The average molecular weight is 290 g/mol. The molecule has 0 aliphatic heterocycles. The quantitative estimate of drug-likeness (QED) is 0.944. The number of ether oxygens (including phenoxy) is 2. The topological polar surface area (TPSA) is 51.3 Å². The molecule has 0 unspecified atom stereocenters. The summed E-state index contributed by atoms with van der Waals surface area (Å²) in [5, 5.41) is 0.114. The number of halogens is 3. The number of aromatic amines is 1. The lowest BCUT2D eigenvalue weighted by Gasteiger charge is -2.12. The maximum absolute atomic E-state index is 12.7. The fourth-order valence-corrected chi connectivity index (χ4v) is 2.11. The van der Waals surface area contributed by atoms with Crippen LogP contribution in [0.15, 0.2) is 16.9 Å². The molecule has 0 saturated heterocycles. The van der Waals surface area contributed by atoms with E-state index in [4.69, 9.17) is 21.1 Å². The van der Waals surface area contributed by atoms with Crippen molar-refractivity contribution in [2.75, 3.05) is 14.2 Å². The summed E-state index contributed by atoms with van der Waals surface area (Å²) in [6.45, 7) is 0. The highest BCUT2D eigenvalue weighted by Crippen LogP contribution is 2.37. The molecule has 4 nitrogen and oxygen atoms in total. The number of pyridine rings is 1. The van der Waals surface area contributed by atoms with Crippen LogP contribution < -0.4 is 14.9 Å². The number of nitrogens with one attached hydrogen (secondary N) is 1. The highest BCUT2D eigenvalue weighted by molar-refractivity contribution is 6.37. The molecule has 1 heterocycles. The number of hydrogen-bond acceptors (Lipinski definition) is 3. The Bertz CT molecular complexity index is 685. The van der Waals surface area contributed by atoms with Gasteiger partial charge in [-0.2, -0.15) is 0 Å². The van der Waals surface area contributed by atoms with Gasteiger partial charge in [0.25, 0.3) is 6.43 Å². The minimum absolute atomic E-state index is 0.0559. The lowest BCUT2D eigenvalue weighted by molar-refractivity contribution is 0.146. The van der Waals surface area contributed by atoms with Gasteiger partial charge in [0.1, 0.15) is 11.5 Å². The number of hydrogen-bond donors (Lipinski definition) is 1. The second kappa shape index (κ2) is 5.05. The molecule has 0 bridgehead atoms. The van der Waals surface area contributed by atoms with Crippen molar-refractivity contribution in [3.8, 4) is 11.5 Å². The normalized spacial score (nSPS) is 11.1. The summed E-state index contributed by atoms with van der Waals surface area (Å²) in [6.07, 6.45) is -2.79. The molecule has 0 amide bonds. The zero-order valence-corrected chi connectivity index (χ0v) is 10.8. The average Bonchev–Trinajstić information content (AvgIpc) is 2.38. The van der Waals surface area contributed by atoms with Crippen molar-refractivity contribution in [2.24, 2.45) is 0 Å². The number of aromatic nitrogens is 1. The first-order chi connectivity index (χ1) is 8.99. The summed E-state index contributed by atoms with van der Waals surface area (Å²) in [7, 11) is 2.74. The van der Waals surface area contributed by atoms with E-state index in [0.717, 1.165) is 6.07 Å². The van der Waals surface area contributed by atoms with Gasteiger partial charge in [0, 0.05) is 12.1 Å². The molecule has 1 aromatic carbocycles. The number of H-pyrrole nitrogens is 1. The van der Waals surface area contributed by atoms with Gasteiger partial charge >= 0.3 is 0 Å². The Morgan fingerprint density at radius 3 is 2.37 bits per heavy atom. The van der Waals surface area contributed by atoms with Gasteiger partial charge in [0.15, 0.2) is 5.43 Å². The summed E-state index contributed by atoms with van der Waals surface area (Å²) < 4.78 is 35.5. The van der Waals surface area contributed by atoms with Gasteiger partial charge in [-0.3, -0.25) is 4.79 Å². The molecule has 2 aromatic rings. The van der Waals surface area contributed by atoms with E-state index in [1.807, 2.05) is 0 Å². The Labute approximate surface area is 111 Å². The number of rotatable bonds is 3. The standard InChI is InChI=1S/C12H10ClF2NO3/c1-18-7-4-8(19-2)11-9(10(7)13)6(17)3-5(16-11)12(14)15/h3-4,12H,1-2H3,(H,16,17). The molecule has 0 aliphatic carbocycles. The zero-order valence-electron chi connectivity index (χ0n) is 10.1. The molecule has 0 aliphatic rings. The van der Waals surface area contributed by atoms with Gasteiger partial charge in [-0.1, -0.05) is 11.6 Å². The zero-order chi connectivity index (χ0) is 14.2. The minimum atomic E-state index is -2.79. The van der Waals surface area contributed by atoms with E-state index >= 15 is 0 Å². The van der Waals surface area contributed by atoms with E-state index in [0.29, 0.717) is 0 Å². The first-order valence-electron chi connectivity index (χ1n) is 5.25. The van der Waals surface area contributed by atoms with E-state index in [-0.39, 0.29) is 27.4 Å². The highest BCUT2D eigenvalue weighted by atomic mass is 35.5. The molecule has 0 atom stereocenters. The third kappa shape index (κ3) is 2.23. The second-order valence-electron chi connectivity index (χ2n) is 3.73. The highest BCUT2D eigenvalue weighted by Gasteiger charge is 2.18. The van der Waals surface area contributed by atoms with Crippen molar-refractivity contribution < 1.29 is 18.3 Å². The molecular formula is C12H10ClF2NO3. The molecule has 1 aromatic heterocycles. The van der Waals surface area contributed by atoms with E-state index < -0.39 is 17.5 Å². The van der Waals surface area contributed by atoms with Gasteiger partial charge in [0.05, 0.1) is 35.8 Å². The van der Waals surface area contributed by atoms with Crippen LogP contribution >= 0.6 is 11.6 Å². The third-order valence-corrected chi connectivity index (χ3v) is 3.05. The molecule has 0 fully saturated rings. The first kappa shape index (κ1) is 13.6. The Hall–Kier alpha value is -1.82. The van der Waals surface area contributed by atoms with Gasteiger partial charge in [-0.05, 0) is 0 Å². The third-order valence-electron chi connectivity index (χ3n) is 2.67. The molecule has 0 spiro atoms. The molecule has 7 heteroatoms. The Morgan fingerprint density at radius 1 is 1.21 bits per heavy atom. The molecule has 0 saturated carbocycles. The molecule has 19 heavy (non-hydrogen) atoms. The van der Waals surface area contributed by atoms with Gasteiger partial charge in [-0.15, -0.1) is 0 Å². The van der Waals surface area contributed by atoms with Crippen molar-refractivity contribution in [3.63, 3.8) is 0 Å². The van der Waals surface area contributed by atoms with Crippen LogP contribution in [0.2, 0.25) is 5.02 Å². The smallest absolute Gasteiger partial charge is 0.278 e. The number of fused-ring (bicyclic) bond motifs is 1. The largest absolute Gasteiger partial charge is 0.495 e. The molecule has 1 N–H and O–H groups in total. The van der Waals surface area contributed by atoms with Crippen molar-refractivity contribution in [3.05, 3.63) is 33.1 Å². The first-order valence-corrected chi connectivity index (χ1v) is 5.63. The predicted molar refractivity (Wildman–Crippen MR) is 67.6 cm³/mol. The van der Waals surface area contributed by atoms with E-state index in [1.165, 1.54) is 20.3 Å². The maximum atomic E-state index is 12.7. The summed E-state index contributed by atoms with van der Waals surface area (Å²) in [5.74, 6) is 0.442. The van der Waals surface area contributed by atoms with Crippen LogP contribution in [-0.2, 0) is 0 Å². The van der Waals surface area contributed by atoms with Crippen LogP contribution in [0.3, 0.4) is 0 Å². The number of benzene rings is 1. The lowest BCUT2D eigenvalue weighted by Crippen LogP contribution is -2.08.